The maximum atomic E-state index is 13.5. The normalized spacial score (nSPS) is 27.8. The lowest BCUT2D eigenvalue weighted by atomic mass is 9.31. The molecule has 4 rings (SSSR count). The molecule has 142 valence electrons. The van der Waals surface area contributed by atoms with Gasteiger partial charge < -0.3 is 15.2 Å². The minimum Gasteiger partial charge on any atom is -0.480 e. The van der Waals surface area contributed by atoms with Crippen LogP contribution in [0.3, 0.4) is 0 Å². The molecule has 1 aromatic carbocycles. The van der Waals surface area contributed by atoms with Crippen LogP contribution in [-0.4, -0.2) is 28.8 Å². The average Bonchev–Trinajstić information content (AvgIpc) is 2.38. The summed E-state index contributed by atoms with van der Waals surface area (Å²) in [7, 11) is 0. The van der Waals surface area contributed by atoms with Crippen LogP contribution in [-0.2, 0) is 14.9 Å². The maximum Gasteiger partial charge on any atom is 0.408 e. The Bertz CT molecular complexity index is 744. The number of benzene rings is 1. The van der Waals surface area contributed by atoms with Gasteiger partial charge >= 0.3 is 12.1 Å². The summed E-state index contributed by atoms with van der Waals surface area (Å²) < 4.78 is 45.2. The van der Waals surface area contributed by atoms with E-state index in [4.69, 9.17) is 4.74 Å². The first-order chi connectivity index (χ1) is 11.9. The van der Waals surface area contributed by atoms with E-state index < -0.39 is 52.0 Å². The number of halogens is 3. The van der Waals surface area contributed by atoms with E-state index in [1.54, 1.807) is 20.8 Å². The zero-order valence-corrected chi connectivity index (χ0v) is 14.7. The summed E-state index contributed by atoms with van der Waals surface area (Å²) in [5.41, 5.74) is -1.71. The van der Waals surface area contributed by atoms with Gasteiger partial charge in [0.05, 0.1) is 0 Å². The second-order valence-electron chi connectivity index (χ2n) is 8.34. The van der Waals surface area contributed by atoms with Gasteiger partial charge in [-0.1, -0.05) is 0 Å². The zero-order chi connectivity index (χ0) is 19.5. The highest BCUT2D eigenvalue weighted by Gasteiger charge is 2.72. The summed E-state index contributed by atoms with van der Waals surface area (Å²) in [6.45, 7) is 4.99. The van der Waals surface area contributed by atoms with Crippen LogP contribution >= 0.6 is 0 Å². The lowest BCUT2D eigenvalue weighted by Crippen LogP contribution is -2.73. The summed E-state index contributed by atoms with van der Waals surface area (Å²) in [6.07, 6.45) is 0.203. The van der Waals surface area contributed by atoms with Gasteiger partial charge in [0.2, 0.25) is 0 Å². The molecular formula is C18H20F3NO4. The highest BCUT2D eigenvalue weighted by molar-refractivity contribution is 5.82. The summed E-state index contributed by atoms with van der Waals surface area (Å²) in [5.74, 6) is -5.24. The molecule has 26 heavy (non-hydrogen) atoms. The van der Waals surface area contributed by atoms with E-state index in [-0.39, 0.29) is 0 Å². The topological polar surface area (TPSA) is 75.6 Å². The van der Waals surface area contributed by atoms with Gasteiger partial charge in [-0.05, 0) is 63.1 Å². The molecule has 3 aliphatic rings. The third kappa shape index (κ3) is 2.91. The van der Waals surface area contributed by atoms with Gasteiger partial charge in [0.15, 0.2) is 17.5 Å². The van der Waals surface area contributed by atoms with Crippen molar-refractivity contribution >= 4 is 12.1 Å². The van der Waals surface area contributed by atoms with E-state index in [0.29, 0.717) is 24.8 Å². The van der Waals surface area contributed by atoms with Crippen molar-refractivity contribution in [2.75, 3.05) is 0 Å². The highest BCUT2D eigenvalue weighted by Crippen LogP contribution is 2.75. The van der Waals surface area contributed by atoms with Crippen LogP contribution in [0.5, 0.6) is 0 Å². The molecule has 0 aromatic heterocycles. The van der Waals surface area contributed by atoms with E-state index in [0.717, 1.165) is 12.1 Å². The first kappa shape index (κ1) is 18.5. The Labute approximate surface area is 148 Å². The molecule has 3 fully saturated rings. The lowest BCUT2D eigenvalue weighted by Gasteiger charge is -2.72. The van der Waals surface area contributed by atoms with E-state index in [1.807, 2.05) is 0 Å². The molecule has 1 unspecified atom stereocenters. The number of carboxylic acid groups (broad SMARTS) is 1. The Morgan fingerprint density at radius 2 is 1.65 bits per heavy atom. The molecule has 1 aromatic rings. The lowest BCUT2D eigenvalue weighted by molar-refractivity contribution is -0.183. The molecule has 0 saturated heterocycles. The number of carbonyl (C=O) groups is 2. The Hall–Kier alpha value is -2.25. The van der Waals surface area contributed by atoms with E-state index in [2.05, 4.69) is 5.32 Å². The van der Waals surface area contributed by atoms with Crippen LogP contribution in [0, 0.1) is 22.9 Å². The number of hydrogen-bond donors (Lipinski definition) is 2. The van der Waals surface area contributed by atoms with E-state index in [9.17, 15) is 27.9 Å². The zero-order valence-electron chi connectivity index (χ0n) is 14.7. The molecule has 2 bridgehead atoms. The van der Waals surface area contributed by atoms with Crippen molar-refractivity contribution < 1.29 is 32.6 Å². The number of aliphatic carboxylic acids is 1. The van der Waals surface area contributed by atoms with Gasteiger partial charge in [-0.2, -0.15) is 0 Å². The number of alkyl carbamates (subject to hydrolysis) is 1. The smallest absolute Gasteiger partial charge is 0.408 e. The van der Waals surface area contributed by atoms with Crippen molar-refractivity contribution in [2.24, 2.45) is 5.41 Å². The van der Waals surface area contributed by atoms with E-state index >= 15 is 0 Å². The number of nitrogens with one attached hydrogen (secondary N) is 1. The molecule has 2 N–H and O–H groups in total. The molecule has 0 radical (unpaired) electrons. The largest absolute Gasteiger partial charge is 0.480 e. The maximum absolute atomic E-state index is 13.5. The van der Waals surface area contributed by atoms with Crippen molar-refractivity contribution in [1.29, 1.82) is 0 Å². The van der Waals surface area contributed by atoms with Crippen LogP contribution in [0.1, 0.15) is 45.6 Å². The fourth-order valence-corrected chi connectivity index (χ4v) is 4.24. The van der Waals surface area contributed by atoms with E-state index in [1.165, 1.54) is 0 Å². The molecule has 3 aliphatic carbocycles. The molecule has 3 saturated carbocycles. The first-order valence-corrected chi connectivity index (χ1v) is 8.25. The second-order valence-corrected chi connectivity index (χ2v) is 8.34. The minimum atomic E-state index is -1.52. The van der Waals surface area contributed by atoms with Crippen molar-refractivity contribution in [1.82, 2.24) is 5.32 Å². The van der Waals surface area contributed by atoms with Crippen molar-refractivity contribution in [3.05, 3.63) is 35.1 Å². The fraction of sp³-hybridized carbons (Fsp3) is 0.556. The summed E-state index contributed by atoms with van der Waals surface area (Å²) >= 11 is 0. The number of rotatable bonds is 4. The van der Waals surface area contributed by atoms with Gasteiger partial charge in [-0.15, -0.1) is 0 Å². The molecule has 1 amide bonds. The van der Waals surface area contributed by atoms with Crippen LogP contribution in [0.2, 0.25) is 0 Å². The third-order valence-corrected chi connectivity index (χ3v) is 5.19. The van der Waals surface area contributed by atoms with Gasteiger partial charge in [-0.3, -0.25) is 0 Å². The van der Waals surface area contributed by atoms with Crippen LogP contribution in [0.25, 0.3) is 0 Å². The molecule has 0 heterocycles. The third-order valence-electron chi connectivity index (χ3n) is 5.19. The quantitative estimate of drug-likeness (QED) is 0.795. The number of carbonyl (C=O) groups excluding carboxylic acids is 1. The predicted molar refractivity (Wildman–Crippen MR) is 85.1 cm³/mol. The molecule has 1 atom stereocenters. The van der Waals surface area contributed by atoms with Crippen molar-refractivity contribution in [2.45, 2.75) is 57.1 Å². The summed E-state index contributed by atoms with van der Waals surface area (Å²) in [5, 5.41) is 11.9. The number of carboxylic acids is 1. The second kappa shape index (κ2) is 5.62. The van der Waals surface area contributed by atoms with Gasteiger partial charge in [-0.25, -0.2) is 22.8 Å². The van der Waals surface area contributed by atoms with Gasteiger partial charge in [0.25, 0.3) is 0 Å². The standard InChI is InChI=1S/C18H20F3NO4/c1-16(2,3)26-15(25)22-13(14(23)24)18-6-17(7-18,8-18)9-4-10(19)12(21)11(20)5-9/h4-5,13H,6-8H2,1-3H3,(H,22,25)(H,23,24). The molecule has 0 aliphatic heterocycles. The Balaban J connectivity index is 1.73. The first-order valence-electron chi connectivity index (χ1n) is 8.25. The van der Waals surface area contributed by atoms with Crippen molar-refractivity contribution in [3.63, 3.8) is 0 Å². The summed E-state index contributed by atoms with van der Waals surface area (Å²) in [4.78, 5) is 23.5. The minimum absolute atomic E-state index is 0.317. The Kier molecular flexibility index (Phi) is 4.01. The Morgan fingerprint density at radius 1 is 1.15 bits per heavy atom. The average molecular weight is 371 g/mol. The molecular weight excluding hydrogens is 351 g/mol. The number of ether oxygens (including phenoxy) is 1. The monoisotopic (exact) mass is 371 g/mol. The van der Waals surface area contributed by atoms with Gasteiger partial charge in [0.1, 0.15) is 11.6 Å². The summed E-state index contributed by atoms with van der Waals surface area (Å²) in [6, 6.07) is 0.756. The highest BCUT2D eigenvalue weighted by atomic mass is 19.2. The van der Waals surface area contributed by atoms with Crippen LogP contribution in [0.15, 0.2) is 12.1 Å². The molecule has 0 spiro atoms. The molecule has 8 heteroatoms. The number of amides is 1. The predicted octanol–water partition coefficient (Wildman–Crippen LogP) is 3.50. The van der Waals surface area contributed by atoms with Gasteiger partial charge in [0, 0.05) is 5.41 Å². The van der Waals surface area contributed by atoms with Crippen molar-refractivity contribution in [3.8, 4) is 0 Å². The van der Waals surface area contributed by atoms with Crippen LogP contribution in [0.4, 0.5) is 18.0 Å². The Morgan fingerprint density at radius 3 is 2.08 bits per heavy atom. The van der Waals surface area contributed by atoms with Crippen LogP contribution < -0.4 is 5.32 Å². The number of hydrogen-bond acceptors (Lipinski definition) is 3. The molecule has 5 nitrogen and oxygen atoms in total. The SMILES string of the molecule is CC(C)(C)OC(=O)NC(C(=O)O)C12CC(c3cc(F)c(F)c(F)c3)(C1)C2. The fourth-order valence-electron chi connectivity index (χ4n) is 4.24.